The second-order valence-corrected chi connectivity index (χ2v) is 6.84. The summed E-state index contributed by atoms with van der Waals surface area (Å²) in [4.78, 5) is 0. The van der Waals surface area contributed by atoms with Gasteiger partial charge in [0.1, 0.15) is 0 Å². The van der Waals surface area contributed by atoms with Crippen LogP contribution in [0.1, 0.15) is 37.4 Å². The Morgan fingerprint density at radius 1 is 1.30 bits per heavy atom. The molecule has 2 N–H and O–H groups in total. The summed E-state index contributed by atoms with van der Waals surface area (Å²) < 4.78 is 43.9. The third-order valence-corrected chi connectivity index (χ3v) is 4.20. The van der Waals surface area contributed by atoms with Crippen LogP contribution in [0.2, 0.25) is 0 Å². The van der Waals surface area contributed by atoms with Crippen LogP contribution in [0.5, 0.6) is 0 Å². The summed E-state index contributed by atoms with van der Waals surface area (Å²) in [6.07, 6.45) is -3.61. The second kappa shape index (κ2) is 7.20. The Bertz CT molecular complexity index is 507. The highest BCUT2D eigenvalue weighted by molar-refractivity contribution is 5.28. The zero-order valence-corrected chi connectivity index (χ0v) is 13.5. The van der Waals surface area contributed by atoms with Crippen LogP contribution >= 0.6 is 0 Å². The third kappa shape index (κ3) is 4.68. The molecule has 1 saturated heterocycles. The predicted molar refractivity (Wildman–Crippen MR) is 82.0 cm³/mol. The normalized spacial score (nSPS) is 18.7. The Hall–Kier alpha value is -1.11. The van der Waals surface area contributed by atoms with Crippen LogP contribution in [0.25, 0.3) is 0 Å². The molecule has 1 aromatic rings. The fourth-order valence-electron chi connectivity index (χ4n) is 2.72. The summed E-state index contributed by atoms with van der Waals surface area (Å²) in [6.45, 7) is 5.57. The fourth-order valence-corrected chi connectivity index (χ4v) is 2.72. The van der Waals surface area contributed by atoms with Crippen molar-refractivity contribution in [3.63, 3.8) is 0 Å². The van der Waals surface area contributed by atoms with E-state index in [9.17, 15) is 18.3 Å². The largest absolute Gasteiger partial charge is 0.416 e. The number of halogens is 3. The van der Waals surface area contributed by atoms with E-state index in [1.807, 2.05) is 13.8 Å². The van der Waals surface area contributed by atoms with E-state index in [4.69, 9.17) is 4.74 Å². The van der Waals surface area contributed by atoms with Gasteiger partial charge in [-0.2, -0.15) is 13.2 Å². The molecule has 0 aromatic heterocycles. The minimum atomic E-state index is -4.34. The van der Waals surface area contributed by atoms with Crippen LogP contribution in [-0.4, -0.2) is 31.5 Å². The Kier molecular flexibility index (Phi) is 5.70. The monoisotopic (exact) mass is 331 g/mol. The first-order valence-corrected chi connectivity index (χ1v) is 7.85. The van der Waals surface area contributed by atoms with Gasteiger partial charge in [0.05, 0.1) is 30.8 Å². The maximum absolute atomic E-state index is 12.9. The van der Waals surface area contributed by atoms with Crippen molar-refractivity contribution in [1.29, 1.82) is 0 Å². The zero-order valence-electron chi connectivity index (χ0n) is 13.5. The Morgan fingerprint density at radius 2 is 2.00 bits per heavy atom. The number of aliphatic hydroxyl groups is 1. The number of hydrogen-bond acceptors (Lipinski definition) is 3. The highest BCUT2D eigenvalue weighted by atomic mass is 19.4. The summed E-state index contributed by atoms with van der Waals surface area (Å²) in [5.74, 6) is 0.338. The topological polar surface area (TPSA) is 41.5 Å². The van der Waals surface area contributed by atoms with E-state index >= 15 is 0 Å². The van der Waals surface area contributed by atoms with E-state index < -0.39 is 11.7 Å². The predicted octanol–water partition coefficient (Wildman–Crippen LogP) is 3.39. The minimum absolute atomic E-state index is 0.0109. The highest BCUT2D eigenvalue weighted by Gasteiger charge is 2.38. The number of hydrogen-bond donors (Lipinski definition) is 2. The fraction of sp³-hybridized carbons (Fsp3) is 0.647. The number of benzene rings is 1. The molecular weight excluding hydrogens is 307 g/mol. The molecule has 3 nitrogen and oxygen atoms in total. The van der Waals surface area contributed by atoms with Crippen molar-refractivity contribution in [2.24, 2.45) is 11.3 Å². The van der Waals surface area contributed by atoms with Crippen molar-refractivity contribution in [3.05, 3.63) is 35.4 Å². The molecule has 130 valence electrons. The first-order valence-electron chi connectivity index (χ1n) is 7.85. The average Bonchev–Trinajstić information content (AvgIpc) is 2.44. The number of ether oxygens (including phenoxy) is 1. The van der Waals surface area contributed by atoms with Crippen LogP contribution in [0.4, 0.5) is 13.2 Å². The van der Waals surface area contributed by atoms with Gasteiger partial charge in [0.2, 0.25) is 0 Å². The van der Waals surface area contributed by atoms with Gasteiger partial charge in [0.25, 0.3) is 0 Å². The number of nitrogens with one attached hydrogen (secondary N) is 1. The van der Waals surface area contributed by atoms with Gasteiger partial charge in [-0.3, -0.25) is 0 Å². The van der Waals surface area contributed by atoms with Crippen molar-refractivity contribution >= 4 is 0 Å². The van der Waals surface area contributed by atoms with Crippen molar-refractivity contribution in [1.82, 2.24) is 5.32 Å². The van der Waals surface area contributed by atoms with Crippen molar-refractivity contribution in [2.75, 3.05) is 26.4 Å². The highest BCUT2D eigenvalue weighted by Crippen LogP contribution is 2.33. The van der Waals surface area contributed by atoms with E-state index in [0.29, 0.717) is 31.2 Å². The maximum Gasteiger partial charge on any atom is 0.416 e. The van der Waals surface area contributed by atoms with E-state index in [-0.39, 0.29) is 18.1 Å². The van der Waals surface area contributed by atoms with Gasteiger partial charge in [-0.05, 0) is 30.0 Å². The van der Waals surface area contributed by atoms with Crippen molar-refractivity contribution < 1.29 is 23.0 Å². The minimum Gasteiger partial charge on any atom is -0.396 e. The molecule has 1 fully saturated rings. The van der Waals surface area contributed by atoms with E-state index in [0.717, 1.165) is 12.5 Å². The summed E-state index contributed by atoms with van der Waals surface area (Å²) >= 11 is 0. The molecule has 0 spiro atoms. The summed E-state index contributed by atoms with van der Waals surface area (Å²) in [5, 5.41) is 12.8. The standard InChI is InChI=1S/C17H24F3NO2/c1-12(2)6-15(21-8-16(9-22)10-23-11-16)13-4-3-5-14(7-13)17(18,19)20/h3-5,7,12,15,21-22H,6,8-11H2,1-2H3. The molecule has 23 heavy (non-hydrogen) atoms. The van der Waals surface area contributed by atoms with Crippen LogP contribution in [0.15, 0.2) is 24.3 Å². The van der Waals surface area contributed by atoms with Gasteiger partial charge in [-0.15, -0.1) is 0 Å². The Morgan fingerprint density at radius 3 is 2.48 bits per heavy atom. The van der Waals surface area contributed by atoms with Crippen molar-refractivity contribution in [3.8, 4) is 0 Å². The van der Waals surface area contributed by atoms with Gasteiger partial charge >= 0.3 is 6.18 Å². The molecule has 2 rings (SSSR count). The summed E-state index contributed by atoms with van der Waals surface area (Å²) in [6, 6.07) is 5.29. The quantitative estimate of drug-likeness (QED) is 0.805. The molecule has 6 heteroatoms. The lowest BCUT2D eigenvalue weighted by Gasteiger charge is -2.41. The van der Waals surface area contributed by atoms with E-state index in [2.05, 4.69) is 5.32 Å². The number of rotatable bonds is 7. The summed E-state index contributed by atoms with van der Waals surface area (Å²) in [7, 11) is 0. The molecule has 0 saturated carbocycles. The van der Waals surface area contributed by atoms with Gasteiger partial charge in [-0.25, -0.2) is 0 Å². The third-order valence-electron chi connectivity index (χ3n) is 4.20. The van der Waals surface area contributed by atoms with Gasteiger partial charge in [0, 0.05) is 12.6 Å². The lowest BCUT2D eigenvalue weighted by molar-refractivity contribution is -0.137. The van der Waals surface area contributed by atoms with Gasteiger partial charge < -0.3 is 15.2 Å². The van der Waals surface area contributed by atoms with Crippen LogP contribution in [0, 0.1) is 11.3 Å². The molecule has 1 aliphatic rings. The molecular formula is C17H24F3NO2. The smallest absolute Gasteiger partial charge is 0.396 e. The van der Waals surface area contributed by atoms with Crippen LogP contribution < -0.4 is 5.32 Å². The lowest BCUT2D eigenvalue weighted by atomic mass is 9.86. The maximum atomic E-state index is 12.9. The Balaban J connectivity index is 2.14. The molecule has 0 amide bonds. The molecule has 1 unspecified atom stereocenters. The molecule has 1 aliphatic heterocycles. The van der Waals surface area contributed by atoms with E-state index in [1.165, 1.54) is 12.1 Å². The molecule has 0 aliphatic carbocycles. The summed E-state index contributed by atoms with van der Waals surface area (Å²) in [5.41, 5.74) is -0.312. The first-order chi connectivity index (χ1) is 10.8. The SMILES string of the molecule is CC(C)CC(NCC1(CO)COC1)c1cccc(C(F)(F)F)c1. The number of aliphatic hydroxyl groups excluding tert-OH is 1. The van der Waals surface area contributed by atoms with Crippen LogP contribution in [0.3, 0.4) is 0 Å². The van der Waals surface area contributed by atoms with E-state index in [1.54, 1.807) is 6.07 Å². The molecule has 1 heterocycles. The van der Waals surface area contributed by atoms with Gasteiger partial charge in [-0.1, -0.05) is 26.0 Å². The zero-order chi connectivity index (χ0) is 17.1. The molecule has 0 bridgehead atoms. The van der Waals surface area contributed by atoms with Gasteiger partial charge in [0.15, 0.2) is 0 Å². The Labute approximate surface area is 134 Å². The molecule has 1 aromatic carbocycles. The molecule has 0 radical (unpaired) electrons. The second-order valence-electron chi connectivity index (χ2n) is 6.84. The molecule has 1 atom stereocenters. The average molecular weight is 331 g/mol. The van der Waals surface area contributed by atoms with Crippen LogP contribution in [-0.2, 0) is 10.9 Å². The lowest BCUT2D eigenvalue weighted by Crippen LogP contribution is -2.52. The first kappa shape index (κ1) is 18.2. The van der Waals surface area contributed by atoms with Crippen molar-refractivity contribution in [2.45, 2.75) is 32.5 Å². The number of alkyl halides is 3.